The lowest BCUT2D eigenvalue weighted by atomic mass is 10.0. The first-order valence-electron chi connectivity index (χ1n) is 5.82. The van der Waals surface area contributed by atoms with Gasteiger partial charge in [0.05, 0.1) is 11.6 Å². The van der Waals surface area contributed by atoms with Gasteiger partial charge in [0.15, 0.2) is 5.82 Å². The summed E-state index contributed by atoms with van der Waals surface area (Å²) in [4.78, 5) is 4.06. The average molecular weight is 265 g/mol. The number of aliphatic hydroxyl groups excluding tert-OH is 4. The van der Waals surface area contributed by atoms with Crippen molar-refractivity contribution in [2.24, 2.45) is 0 Å². The first-order chi connectivity index (χ1) is 9.00. The Hall–Kier alpha value is -1.67. The van der Waals surface area contributed by atoms with Crippen molar-refractivity contribution < 1.29 is 20.4 Å². The van der Waals surface area contributed by atoms with Crippen molar-refractivity contribution in [3.8, 4) is 0 Å². The summed E-state index contributed by atoms with van der Waals surface area (Å²) in [6.45, 7) is 1.31. The number of aromatic nitrogens is 3. The Morgan fingerprint density at radius 2 is 1.53 bits per heavy atom. The maximum absolute atomic E-state index is 9.88. The zero-order chi connectivity index (χ0) is 14.0. The summed E-state index contributed by atoms with van der Waals surface area (Å²) in [5.41, 5.74) is 1.08. The first-order valence-corrected chi connectivity index (χ1v) is 5.82. The molecule has 0 bridgehead atoms. The highest BCUT2D eigenvalue weighted by Crippen LogP contribution is 2.18. The fourth-order valence-corrected chi connectivity index (χ4v) is 1.64. The predicted molar refractivity (Wildman–Crippen MR) is 66.0 cm³/mol. The third-order valence-corrected chi connectivity index (χ3v) is 2.81. The van der Waals surface area contributed by atoms with Gasteiger partial charge in [0, 0.05) is 0 Å². The third-order valence-electron chi connectivity index (χ3n) is 2.81. The topological polar surface area (TPSA) is 120 Å². The second kappa shape index (κ2) is 5.54. The van der Waals surface area contributed by atoms with Gasteiger partial charge in [-0.2, -0.15) is 0 Å². The first kappa shape index (κ1) is 13.8. The monoisotopic (exact) mass is 265 g/mol. The van der Waals surface area contributed by atoms with E-state index in [1.807, 2.05) is 0 Å². The summed E-state index contributed by atoms with van der Waals surface area (Å²) in [6, 6.07) is 6.94. The molecule has 0 amide bonds. The number of para-hydroxylation sites is 1. The van der Waals surface area contributed by atoms with Gasteiger partial charge in [-0.25, -0.2) is 4.98 Å². The molecule has 7 heteroatoms. The van der Waals surface area contributed by atoms with Crippen LogP contribution in [0.3, 0.4) is 0 Å². The van der Waals surface area contributed by atoms with Crippen LogP contribution in [-0.4, -0.2) is 53.9 Å². The van der Waals surface area contributed by atoms with Crippen molar-refractivity contribution in [2.75, 3.05) is 0 Å². The molecule has 0 saturated carbocycles. The van der Waals surface area contributed by atoms with E-state index >= 15 is 0 Å². The second-order valence-corrected chi connectivity index (χ2v) is 4.33. The fraction of sp³-hybridized carbons (Fsp3) is 0.417. The van der Waals surface area contributed by atoms with Crippen LogP contribution < -0.4 is 0 Å². The Morgan fingerprint density at radius 3 is 2.16 bits per heavy atom. The number of benzene rings is 1. The molecule has 0 saturated heterocycles. The van der Waals surface area contributed by atoms with Gasteiger partial charge in [-0.1, -0.05) is 12.1 Å². The summed E-state index contributed by atoms with van der Waals surface area (Å²) < 4.78 is 0. The van der Waals surface area contributed by atoms with Gasteiger partial charge in [-0.15, -0.1) is 10.2 Å². The van der Waals surface area contributed by atoms with Crippen LogP contribution in [0.5, 0.6) is 0 Å². The lowest BCUT2D eigenvalue weighted by molar-refractivity contribution is -0.103. The molecule has 4 unspecified atom stereocenters. The maximum atomic E-state index is 9.88. The van der Waals surface area contributed by atoms with Crippen LogP contribution in [0.4, 0.5) is 0 Å². The third kappa shape index (κ3) is 2.85. The van der Waals surface area contributed by atoms with Gasteiger partial charge >= 0.3 is 0 Å². The van der Waals surface area contributed by atoms with Crippen LogP contribution in [-0.2, 0) is 0 Å². The minimum atomic E-state index is -1.59. The molecule has 7 nitrogen and oxygen atoms in total. The summed E-state index contributed by atoms with van der Waals surface area (Å²) in [6.07, 6.45) is -5.80. The SMILES string of the molecule is CC(O)C(O)C(O)C(O)c1nnc2ccccc2n1. The van der Waals surface area contributed by atoms with Gasteiger partial charge in [0.25, 0.3) is 0 Å². The Kier molecular flexibility index (Phi) is 4.01. The number of nitrogens with zero attached hydrogens (tertiary/aromatic N) is 3. The molecule has 102 valence electrons. The van der Waals surface area contributed by atoms with E-state index in [4.69, 9.17) is 0 Å². The molecule has 0 radical (unpaired) electrons. The highest BCUT2D eigenvalue weighted by atomic mass is 16.4. The van der Waals surface area contributed by atoms with E-state index in [-0.39, 0.29) is 5.82 Å². The van der Waals surface area contributed by atoms with Crippen molar-refractivity contribution in [3.63, 3.8) is 0 Å². The van der Waals surface area contributed by atoms with Crippen molar-refractivity contribution in [1.29, 1.82) is 0 Å². The molecule has 2 rings (SSSR count). The van der Waals surface area contributed by atoms with Crippen molar-refractivity contribution in [2.45, 2.75) is 31.3 Å². The number of fused-ring (bicyclic) bond motifs is 1. The van der Waals surface area contributed by atoms with Crippen LogP contribution in [0.2, 0.25) is 0 Å². The zero-order valence-electron chi connectivity index (χ0n) is 10.2. The fourth-order valence-electron chi connectivity index (χ4n) is 1.64. The molecular formula is C12H15N3O4. The molecule has 0 spiro atoms. The molecule has 1 aromatic carbocycles. The molecular weight excluding hydrogens is 250 g/mol. The summed E-state index contributed by atoms with van der Waals surface area (Å²) in [5, 5.41) is 45.8. The van der Waals surface area contributed by atoms with E-state index in [0.29, 0.717) is 11.0 Å². The molecule has 1 aromatic heterocycles. The Bertz CT molecular complexity index is 563. The van der Waals surface area contributed by atoms with Gasteiger partial charge < -0.3 is 20.4 Å². The molecule has 2 aromatic rings. The van der Waals surface area contributed by atoms with Crippen LogP contribution in [0, 0.1) is 0 Å². The van der Waals surface area contributed by atoms with Crippen LogP contribution in [0.25, 0.3) is 11.0 Å². The van der Waals surface area contributed by atoms with E-state index < -0.39 is 24.4 Å². The lowest BCUT2D eigenvalue weighted by Gasteiger charge is -2.23. The van der Waals surface area contributed by atoms with Gasteiger partial charge in [0.2, 0.25) is 0 Å². The van der Waals surface area contributed by atoms with Crippen molar-refractivity contribution in [1.82, 2.24) is 15.2 Å². The standard InChI is InChI=1S/C12H15N3O4/c1-6(16)9(17)10(18)11(19)12-13-7-4-2-3-5-8(7)14-15-12/h2-6,9-11,16-19H,1H3. The Morgan fingerprint density at radius 1 is 0.895 bits per heavy atom. The Balaban J connectivity index is 2.28. The molecule has 4 atom stereocenters. The number of hydrogen-bond acceptors (Lipinski definition) is 7. The number of aliphatic hydroxyl groups is 4. The lowest BCUT2D eigenvalue weighted by Crippen LogP contribution is -2.40. The molecule has 0 aliphatic heterocycles. The summed E-state index contributed by atoms with van der Waals surface area (Å²) in [5.74, 6) is -0.106. The smallest absolute Gasteiger partial charge is 0.183 e. The van der Waals surface area contributed by atoms with E-state index in [0.717, 1.165) is 0 Å². The van der Waals surface area contributed by atoms with E-state index in [1.54, 1.807) is 24.3 Å². The summed E-state index contributed by atoms with van der Waals surface area (Å²) in [7, 11) is 0. The van der Waals surface area contributed by atoms with E-state index in [2.05, 4.69) is 15.2 Å². The molecule has 0 aliphatic carbocycles. The second-order valence-electron chi connectivity index (χ2n) is 4.33. The van der Waals surface area contributed by atoms with Crippen molar-refractivity contribution in [3.05, 3.63) is 30.1 Å². The molecule has 4 N–H and O–H groups in total. The quantitative estimate of drug-likeness (QED) is 0.569. The molecule has 19 heavy (non-hydrogen) atoms. The molecule has 0 fully saturated rings. The van der Waals surface area contributed by atoms with E-state index in [9.17, 15) is 20.4 Å². The molecule has 0 aliphatic rings. The minimum Gasteiger partial charge on any atom is -0.391 e. The zero-order valence-corrected chi connectivity index (χ0v) is 10.2. The maximum Gasteiger partial charge on any atom is 0.183 e. The van der Waals surface area contributed by atoms with E-state index in [1.165, 1.54) is 6.92 Å². The largest absolute Gasteiger partial charge is 0.391 e. The van der Waals surface area contributed by atoms with Gasteiger partial charge in [-0.3, -0.25) is 0 Å². The predicted octanol–water partition coefficient (Wildman–Crippen LogP) is -0.839. The normalized spacial score (nSPS) is 17.9. The average Bonchev–Trinajstić information content (AvgIpc) is 2.44. The van der Waals surface area contributed by atoms with Crippen molar-refractivity contribution >= 4 is 11.0 Å². The summed E-state index contributed by atoms with van der Waals surface area (Å²) >= 11 is 0. The number of rotatable bonds is 4. The van der Waals surface area contributed by atoms with Crippen LogP contribution in [0.15, 0.2) is 24.3 Å². The van der Waals surface area contributed by atoms with Gasteiger partial charge in [-0.05, 0) is 19.1 Å². The Labute approximate surface area is 109 Å². The minimum absolute atomic E-state index is 0.106. The van der Waals surface area contributed by atoms with Crippen LogP contribution >= 0.6 is 0 Å². The molecule has 1 heterocycles. The highest BCUT2D eigenvalue weighted by Gasteiger charge is 2.31. The number of hydrogen-bond donors (Lipinski definition) is 4. The highest BCUT2D eigenvalue weighted by molar-refractivity contribution is 5.72. The van der Waals surface area contributed by atoms with Gasteiger partial charge in [0.1, 0.15) is 23.8 Å². The van der Waals surface area contributed by atoms with Crippen LogP contribution in [0.1, 0.15) is 18.9 Å².